The van der Waals surface area contributed by atoms with E-state index in [9.17, 15) is 4.79 Å². The van der Waals surface area contributed by atoms with Crippen molar-refractivity contribution >= 4 is 27.5 Å². The third-order valence-corrected chi connectivity index (χ3v) is 3.79. The molecule has 0 saturated heterocycles. The Kier molecular flexibility index (Phi) is 4.76. The highest BCUT2D eigenvalue weighted by atomic mass is 79.9. The zero-order valence-electron chi connectivity index (χ0n) is 11.1. The molecule has 0 radical (unpaired) electrons. The monoisotopic (exact) mass is 333 g/mol. The first-order valence-corrected chi connectivity index (χ1v) is 6.96. The number of nitrogens with one attached hydrogen (secondary N) is 1. The average Bonchev–Trinajstić information content (AvgIpc) is 2.49. The minimum Gasteiger partial charge on any atom is -0.370 e. The van der Waals surface area contributed by atoms with Gasteiger partial charge in [0.05, 0.1) is 0 Å². The second kappa shape index (κ2) is 6.54. The Bertz CT molecular complexity index is 601. The van der Waals surface area contributed by atoms with Crippen molar-refractivity contribution in [1.82, 2.24) is 5.43 Å². The van der Waals surface area contributed by atoms with Crippen molar-refractivity contribution in [3.63, 3.8) is 0 Å². The van der Waals surface area contributed by atoms with Crippen LogP contribution in [0.4, 0.5) is 5.69 Å². The summed E-state index contributed by atoms with van der Waals surface area (Å²) >= 11 is 3.50. The molecule has 0 spiro atoms. The molecule has 0 aliphatic rings. The van der Waals surface area contributed by atoms with Crippen molar-refractivity contribution in [2.45, 2.75) is 6.54 Å². The summed E-state index contributed by atoms with van der Waals surface area (Å²) < 4.78 is 0.890. The second-order valence-electron chi connectivity index (χ2n) is 4.47. The summed E-state index contributed by atoms with van der Waals surface area (Å²) in [6.07, 6.45) is 0. The van der Waals surface area contributed by atoms with Crippen molar-refractivity contribution in [2.75, 3.05) is 11.9 Å². The van der Waals surface area contributed by atoms with Gasteiger partial charge in [-0.05, 0) is 29.8 Å². The molecule has 4 nitrogen and oxygen atoms in total. The van der Waals surface area contributed by atoms with E-state index in [4.69, 9.17) is 5.84 Å². The molecule has 0 saturated carbocycles. The smallest absolute Gasteiger partial charge is 0.265 e. The highest BCUT2D eigenvalue weighted by Crippen LogP contribution is 2.22. The van der Waals surface area contributed by atoms with Gasteiger partial charge in [0.2, 0.25) is 0 Å². The number of nitrogen functional groups attached to an aromatic ring is 1. The molecule has 0 atom stereocenters. The van der Waals surface area contributed by atoms with E-state index in [-0.39, 0.29) is 5.91 Å². The highest BCUT2D eigenvalue weighted by Gasteiger charge is 2.09. The molecule has 3 N–H and O–H groups in total. The average molecular weight is 334 g/mol. The number of hydrogen-bond acceptors (Lipinski definition) is 3. The summed E-state index contributed by atoms with van der Waals surface area (Å²) in [5.41, 5.74) is 4.90. The lowest BCUT2D eigenvalue weighted by atomic mass is 10.1. The minimum atomic E-state index is -0.298. The topological polar surface area (TPSA) is 58.4 Å². The summed E-state index contributed by atoms with van der Waals surface area (Å²) in [7, 11) is 2.03. The number of para-hydroxylation sites is 1. The second-order valence-corrected chi connectivity index (χ2v) is 5.33. The fraction of sp³-hybridized carbons (Fsp3) is 0.133. The summed E-state index contributed by atoms with van der Waals surface area (Å²) in [6.45, 7) is 0.745. The van der Waals surface area contributed by atoms with Gasteiger partial charge in [0.1, 0.15) is 0 Å². The van der Waals surface area contributed by atoms with E-state index in [0.29, 0.717) is 5.56 Å². The van der Waals surface area contributed by atoms with Gasteiger partial charge in [0.15, 0.2) is 0 Å². The summed E-state index contributed by atoms with van der Waals surface area (Å²) in [6, 6.07) is 15.6. The molecule has 0 aromatic heterocycles. The zero-order chi connectivity index (χ0) is 14.5. The van der Waals surface area contributed by atoms with Gasteiger partial charge in [-0.25, -0.2) is 5.84 Å². The third kappa shape index (κ3) is 3.37. The lowest BCUT2D eigenvalue weighted by Gasteiger charge is -2.20. The van der Waals surface area contributed by atoms with E-state index in [1.54, 1.807) is 12.1 Å². The quantitative estimate of drug-likeness (QED) is 0.513. The van der Waals surface area contributed by atoms with Gasteiger partial charge < -0.3 is 4.90 Å². The maximum absolute atomic E-state index is 11.5. The fourth-order valence-electron chi connectivity index (χ4n) is 1.93. The molecule has 2 rings (SSSR count). The first kappa shape index (κ1) is 14.6. The van der Waals surface area contributed by atoms with Crippen molar-refractivity contribution in [3.8, 4) is 0 Å². The number of rotatable bonds is 4. The lowest BCUT2D eigenvalue weighted by molar-refractivity contribution is 0.0953. The van der Waals surface area contributed by atoms with Crippen LogP contribution in [0.2, 0.25) is 0 Å². The maximum Gasteiger partial charge on any atom is 0.265 e. The van der Waals surface area contributed by atoms with Crippen LogP contribution < -0.4 is 16.2 Å². The van der Waals surface area contributed by atoms with Crippen molar-refractivity contribution in [2.24, 2.45) is 5.84 Å². The highest BCUT2D eigenvalue weighted by molar-refractivity contribution is 9.10. The number of carbonyl (C=O) groups excluding carboxylic acids is 1. The number of hydrogen-bond donors (Lipinski definition) is 2. The van der Waals surface area contributed by atoms with Crippen LogP contribution >= 0.6 is 15.9 Å². The Balaban J connectivity index is 2.16. The number of halogens is 1. The number of anilines is 1. The normalized spacial score (nSPS) is 10.2. The minimum absolute atomic E-state index is 0.298. The predicted molar refractivity (Wildman–Crippen MR) is 84.3 cm³/mol. The van der Waals surface area contributed by atoms with E-state index in [2.05, 4.69) is 38.4 Å². The molecule has 0 bridgehead atoms. The SMILES string of the molecule is CN(Cc1ccc(C(=O)NN)cc1Br)c1ccccc1. The van der Waals surface area contributed by atoms with E-state index in [0.717, 1.165) is 22.3 Å². The molecule has 1 amide bonds. The number of nitrogens with zero attached hydrogens (tertiary/aromatic N) is 1. The Morgan fingerprint density at radius 1 is 1.25 bits per heavy atom. The summed E-state index contributed by atoms with van der Waals surface area (Å²) in [4.78, 5) is 13.6. The van der Waals surface area contributed by atoms with Crippen molar-refractivity contribution < 1.29 is 4.79 Å². The molecular weight excluding hydrogens is 318 g/mol. The van der Waals surface area contributed by atoms with E-state index < -0.39 is 0 Å². The fourth-order valence-corrected chi connectivity index (χ4v) is 2.43. The van der Waals surface area contributed by atoms with Crippen LogP contribution in [0.1, 0.15) is 15.9 Å². The molecule has 20 heavy (non-hydrogen) atoms. The number of hydrazine groups is 1. The van der Waals surface area contributed by atoms with Gasteiger partial charge in [-0.1, -0.05) is 40.2 Å². The maximum atomic E-state index is 11.5. The summed E-state index contributed by atoms with van der Waals surface area (Å²) in [5, 5.41) is 0. The predicted octanol–water partition coefficient (Wildman–Crippen LogP) is 2.69. The van der Waals surface area contributed by atoms with Crippen LogP contribution in [0.15, 0.2) is 53.0 Å². The van der Waals surface area contributed by atoms with Gasteiger partial charge in [-0.15, -0.1) is 0 Å². The zero-order valence-corrected chi connectivity index (χ0v) is 12.7. The van der Waals surface area contributed by atoms with E-state index in [1.165, 1.54) is 0 Å². The first-order chi connectivity index (χ1) is 9.61. The van der Waals surface area contributed by atoms with E-state index >= 15 is 0 Å². The van der Waals surface area contributed by atoms with Crippen LogP contribution in [-0.2, 0) is 6.54 Å². The molecular formula is C15H16BrN3O. The number of carbonyl (C=O) groups is 1. The first-order valence-electron chi connectivity index (χ1n) is 6.17. The summed E-state index contributed by atoms with van der Waals surface area (Å²) in [5.74, 6) is 4.83. The Morgan fingerprint density at radius 3 is 2.55 bits per heavy atom. The largest absolute Gasteiger partial charge is 0.370 e. The Morgan fingerprint density at radius 2 is 1.95 bits per heavy atom. The van der Waals surface area contributed by atoms with Gasteiger partial charge in [-0.2, -0.15) is 0 Å². The van der Waals surface area contributed by atoms with Crippen LogP contribution in [0.25, 0.3) is 0 Å². The molecule has 2 aromatic rings. The van der Waals surface area contributed by atoms with Crippen LogP contribution in [0.3, 0.4) is 0 Å². The van der Waals surface area contributed by atoms with Crippen LogP contribution in [-0.4, -0.2) is 13.0 Å². The van der Waals surface area contributed by atoms with E-state index in [1.807, 2.05) is 31.3 Å². The van der Waals surface area contributed by atoms with Gasteiger partial charge in [-0.3, -0.25) is 10.2 Å². The molecule has 0 fully saturated rings. The lowest BCUT2D eigenvalue weighted by Crippen LogP contribution is -2.30. The van der Waals surface area contributed by atoms with Crippen molar-refractivity contribution in [3.05, 3.63) is 64.1 Å². The Labute approximate surface area is 126 Å². The Hall–Kier alpha value is -1.85. The van der Waals surface area contributed by atoms with Crippen LogP contribution in [0, 0.1) is 0 Å². The number of amides is 1. The number of benzene rings is 2. The molecule has 0 unspecified atom stereocenters. The number of nitrogens with two attached hydrogens (primary N) is 1. The van der Waals surface area contributed by atoms with Gasteiger partial charge in [0, 0.05) is 29.3 Å². The van der Waals surface area contributed by atoms with Gasteiger partial charge >= 0.3 is 0 Å². The molecule has 5 heteroatoms. The molecule has 0 aliphatic carbocycles. The van der Waals surface area contributed by atoms with Crippen LogP contribution in [0.5, 0.6) is 0 Å². The third-order valence-electron chi connectivity index (χ3n) is 3.05. The molecule has 0 aliphatic heterocycles. The van der Waals surface area contributed by atoms with Crippen molar-refractivity contribution in [1.29, 1.82) is 0 Å². The molecule has 104 valence electrons. The van der Waals surface area contributed by atoms with Gasteiger partial charge in [0.25, 0.3) is 5.91 Å². The standard InChI is InChI=1S/C15H16BrN3O/c1-19(13-5-3-2-4-6-13)10-12-8-7-11(9-14(12)16)15(20)18-17/h2-9H,10,17H2,1H3,(H,18,20). The molecule has 2 aromatic carbocycles. The molecule has 0 heterocycles.